The minimum Gasteiger partial charge on any atom is -0.469 e. The zero-order valence-electron chi connectivity index (χ0n) is 23.7. The van der Waals surface area contributed by atoms with E-state index in [4.69, 9.17) is 14.2 Å². The third kappa shape index (κ3) is 10.2. The molecule has 0 aromatic rings. The molecule has 9 heteroatoms. The molecule has 2 fully saturated rings. The molecule has 0 bridgehead atoms. The van der Waals surface area contributed by atoms with Crippen molar-refractivity contribution in [2.75, 3.05) is 13.7 Å². The number of carbonyl (C=O) groups is 3. The Kier molecular flexibility index (Phi) is 14.1. The lowest BCUT2D eigenvalue weighted by Gasteiger charge is -2.31. The van der Waals surface area contributed by atoms with Crippen LogP contribution >= 0.6 is 0 Å². The number of esters is 2. The first-order valence-corrected chi connectivity index (χ1v) is 14.5. The molecule has 2 rings (SSSR count). The first-order chi connectivity index (χ1) is 18.1. The fraction of sp³-hybridized carbons (Fsp3) is 0.897. The average Bonchev–Trinajstić information content (AvgIpc) is 3.19. The molecule has 6 atom stereocenters. The van der Waals surface area contributed by atoms with Crippen molar-refractivity contribution in [3.8, 4) is 0 Å². The van der Waals surface area contributed by atoms with Gasteiger partial charge in [-0.15, -0.1) is 0 Å². The predicted molar refractivity (Wildman–Crippen MR) is 139 cm³/mol. The van der Waals surface area contributed by atoms with Gasteiger partial charge in [-0.2, -0.15) is 8.78 Å². The van der Waals surface area contributed by atoms with Crippen molar-refractivity contribution in [2.24, 2.45) is 17.8 Å². The van der Waals surface area contributed by atoms with Gasteiger partial charge >= 0.3 is 17.9 Å². The van der Waals surface area contributed by atoms with Crippen LogP contribution in [0.4, 0.5) is 8.78 Å². The van der Waals surface area contributed by atoms with E-state index in [0.29, 0.717) is 32.3 Å². The lowest BCUT2D eigenvalue weighted by Crippen LogP contribution is -2.37. The van der Waals surface area contributed by atoms with Gasteiger partial charge in [-0.1, -0.05) is 39.5 Å². The third-order valence-electron chi connectivity index (χ3n) is 8.06. The Labute approximate surface area is 226 Å². The van der Waals surface area contributed by atoms with Gasteiger partial charge in [0.1, 0.15) is 6.10 Å². The number of rotatable bonds is 17. The van der Waals surface area contributed by atoms with Crippen molar-refractivity contribution in [1.82, 2.24) is 0 Å². The lowest BCUT2D eigenvalue weighted by molar-refractivity contribution is -0.197. The Morgan fingerprint density at radius 2 is 1.71 bits per heavy atom. The maximum atomic E-state index is 14.8. The number of methoxy groups -OCH3 is 1. The second kappa shape index (κ2) is 16.5. The molecule has 1 saturated carbocycles. The van der Waals surface area contributed by atoms with E-state index < -0.39 is 23.7 Å². The largest absolute Gasteiger partial charge is 0.469 e. The summed E-state index contributed by atoms with van der Waals surface area (Å²) in [6.45, 7) is 5.25. The zero-order chi connectivity index (χ0) is 28.1. The number of hydrogen-bond donors (Lipinski definition) is 0. The molecular weight excluding hydrogens is 498 g/mol. The number of ketones is 1. The first-order valence-electron chi connectivity index (χ1n) is 14.5. The second-order valence-corrected chi connectivity index (χ2v) is 11.0. The molecule has 0 aromatic heterocycles. The van der Waals surface area contributed by atoms with Gasteiger partial charge < -0.3 is 18.9 Å². The maximum absolute atomic E-state index is 14.8. The van der Waals surface area contributed by atoms with Crippen LogP contribution < -0.4 is 0 Å². The van der Waals surface area contributed by atoms with Crippen molar-refractivity contribution < 1.29 is 42.1 Å². The molecule has 0 N–H and O–H groups in total. The number of alkyl halides is 2. The minimum absolute atomic E-state index is 0.0948. The lowest BCUT2D eigenvalue weighted by atomic mass is 9.83. The number of hydrogen-bond acceptors (Lipinski definition) is 7. The summed E-state index contributed by atoms with van der Waals surface area (Å²) in [6, 6.07) is 0. The first kappa shape index (κ1) is 32.6. The Hall–Kier alpha value is -1.61. The molecule has 38 heavy (non-hydrogen) atoms. The number of ether oxygens (including phenoxy) is 4. The van der Waals surface area contributed by atoms with Crippen LogP contribution in [-0.4, -0.2) is 55.9 Å². The summed E-state index contributed by atoms with van der Waals surface area (Å²) >= 11 is 0. The van der Waals surface area contributed by atoms with E-state index in [1.54, 1.807) is 0 Å². The SMILES string of the molecule is CCC[C@@H](C)C(F)(F)C(=O)CC[C@@H]1C(CCCCCCC(=O)OC)[C@@H](OC(C)=O)C[C@H]1OC1CCCCO1. The van der Waals surface area contributed by atoms with Gasteiger partial charge in [0.05, 0.1) is 13.2 Å². The van der Waals surface area contributed by atoms with Crippen LogP contribution in [0, 0.1) is 17.8 Å². The maximum Gasteiger partial charge on any atom is 0.307 e. The molecular formula is C29H48F2O7. The number of unbranched alkanes of at least 4 members (excludes halogenated alkanes) is 3. The third-order valence-corrected chi connectivity index (χ3v) is 8.06. The van der Waals surface area contributed by atoms with Gasteiger partial charge in [-0.3, -0.25) is 14.4 Å². The van der Waals surface area contributed by atoms with Gasteiger partial charge in [0.2, 0.25) is 5.78 Å². The van der Waals surface area contributed by atoms with E-state index in [0.717, 1.165) is 51.4 Å². The molecule has 220 valence electrons. The Morgan fingerprint density at radius 1 is 1.00 bits per heavy atom. The van der Waals surface area contributed by atoms with Gasteiger partial charge in [0, 0.05) is 44.6 Å². The van der Waals surface area contributed by atoms with Crippen LogP contribution in [-0.2, 0) is 33.3 Å². The molecule has 1 saturated heterocycles. The van der Waals surface area contributed by atoms with Gasteiger partial charge in [-0.05, 0) is 50.9 Å². The smallest absolute Gasteiger partial charge is 0.307 e. The standard InChI is InChI=1S/C29H48F2O7/c1-5-12-20(2)29(30,31)26(33)17-16-23-22(13-8-6-7-9-14-27(34)35-4)24(37-21(3)32)19-25(23)38-28-15-10-11-18-36-28/h20,22-25,28H,5-19H2,1-4H3/t20-,22?,23-,24+,25-,28?/m1/s1. The highest BCUT2D eigenvalue weighted by Crippen LogP contribution is 2.44. The molecule has 1 heterocycles. The summed E-state index contributed by atoms with van der Waals surface area (Å²) in [4.78, 5) is 35.9. The molecule has 2 aliphatic rings. The van der Waals surface area contributed by atoms with Crippen LogP contribution in [0.5, 0.6) is 0 Å². The highest BCUT2D eigenvalue weighted by atomic mass is 19.3. The van der Waals surface area contributed by atoms with E-state index in [1.165, 1.54) is 21.0 Å². The molecule has 0 amide bonds. The van der Waals surface area contributed by atoms with Gasteiger partial charge in [-0.25, -0.2) is 0 Å². The van der Waals surface area contributed by atoms with Crippen molar-refractivity contribution >= 4 is 17.7 Å². The van der Waals surface area contributed by atoms with Crippen LogP contribution in [0.1, 0.15) is 111 Å². The molecule has 1 aliphatic heterocycles. The fourth-order valence-corrected chi connectivity index (χ4v) is 5.91. The van der Waals surface area contributed by atoms with E-state index in [2.05, 4.69) is 4.74 Å². The second-order valence-electron chi connectivity index (χ2n) is 11.0. The zero-order valence-corrected chi connectivity index (χ0v) is 23.7. The highest BCUT2D eigenvalue weighted by molar-refractivity contribution is 5.85. The fourth-order valence-electron chi connectivity index (χ4n) is 5.91. The van der Waals surface area contributed by atoms with E-state index in [-0.39, 0.29) is 49.0 Å². The molecule has 0 aromatic carbocycles. The molecule has 0 radical (unpaired) electrons. The van der Waals surface area contributed by atoms with Crippen LogP contribution in [0.2, 0.25) is 0 Å². The average molecular weight is 547 g/mol. The number of Topliss-reactive ketones (excluding diaryl/α,β-unsaturated/α-hetero) is 1. The van der Waals surface area contributed by atoms with Gasteiger partial charge in [0.25, 0.3) is 0 Å². The topological polar surface area (TPSA) is 88.1 Å². The van der Waals surface area contributed by atoms with E-state index in [1.807, 2.05) is 6.92 Å². The molecule has 7 nitrogen and oxygen atoms in total. The molecule has 1 aliphatic carbocycles. The van der Waals surface area contributed by atoms with Crippen molar-refractivity contribution in [1.29, 1.82) is 0 Å². The summed E-state index contributed by atoms with van der Waals surface area (Å²) < 4.78 is 52.1. The normalized spacial score (nSPS) is 26.6. The number of halogens is 2. The minimum atomic E-state index is -3.36. The summed E-state index contributed by atoms with van der Waals surface area (Å²) in [7, 11) is 1.37. The van der Waals surface area contributed by atoms with Crippen LogP contribution in [0.3, 0.4) is 0 Å². The van der Waals surface area contributed by atoms with E-state index in [9.17, 15) is 23.2 Å². The van der Waals surface area contributed by atoms with Crippen LogP contribution in [0.25, 0.3) is 0 Å². The quantitative estimate of drug-likeness (QED) is 0.154. The summed E-state index contributed by atoms with van der Waals surface area (Å²) in [5.41, 5.74) is 0. The summed E-state index contributed by atoms with van der Waals surface area (Å²) in [5, 5.41) is 0. The van der Waals surface area contributed by atoms with E-state index >= 15 is 0 Å². The summed E-state index contributed by atoms with van der Waals surface area (Å²) in [6.07, 6.45) is 7.43. The number of carbonyl (C=O) groups excluding carboxylic acids is 3. The van der Waals surface area contributed by atoms with Crippen molar-refractivity contribution in [3.05, 3.63) is 0 Å². The Bertz CT molecular complexity index is 738. The molecule has 0 spiro atoms. The summed E-state index contributed by atoms with van der Waals surface area (Å²) in [5.74, 6) is -6.28. The van der Waals surface area contributed by atoms with Gasteiger partial charge in [0.15, 0.2) is 6.29 Å². The van der Waals surface area contributed by atoms with Crippen molar-refractivity contribution in [3.63, 3.8) is 0 Å². The highest BCUT2D eigenvalue weighted by Gasteiger charge is 2.48. The van der Waals surface area contributed by atoms with Crippen LogP contribution in [0.15, 0.2) is 0 Å². The predicted octanol–water partition coefficient (Wildman–Crippen LogP) is 6.40. The molecule has 2 unspecified atom stereocenters. The Balaban J connectivity index is 2.10. The monoisotopic (exact) mass is 546 g/mol. The van der Waals surface area contributed by atoms with Crippen molar-refractivity contribution in [2.45, 2.75) is 135 Å². The Morgan fingerprint density at radius 3 is 2.34 bits per heavy atom.